The first kappa shape index (κ1) is 14.5. The Morgan fingerprint density at radius 1 is 1.37 bits per heavy atom. The van der Waals surface area contributed by atoms with Crippen molar-refractivity contribution in [2.75, 3.05) is 19.7 Å². The Balaban J connectivity index is 1.86. The summed E-state index contributed by atoms with van der Waals surface area (Å²) in [4.78, 5) is 2.54. The molecule has 3 atom stereocenters. The minimum Gasteiger partial charge on any atom is -0.376 e. The molecule has 1 aliphatic heterocycles. The number of rotatable bonds is 5. The van der Waals surface area contributed by atoms with E-state index in [2.05, 4.69) is 43.0 Å². The molecule has 1 saturated heterocycles. The third-order valence-electron chi connectivity index (χ3n) is 4.01. The molecule has 1 aromatic rings. The van der Waals surface area contributed by atoms with Gasteiger partial charge in [0.05, 0.1) is 12.7 Å². The Morgan fingerprint density at radius 2 is 2.11 bits per heavy atom. The fourth-order valence-electron chi connectivity index (χ4n) is 2.73. The number of morpholine rings is 1. The van der Waals surface area contributed by atoms with Crippen molar-refractivity contribution >= 4 is 0 Å². The molecule has 1 fully saturated rings. The van der Waals surface area contributed by atoms with E-state index >= 15 is 0 Å². The maximum Gasteiger partial charge on any atom is 0.0674 e. The van der Waals surface area contributed by atoms with Crippen LogP contribution < -0.4 is 5.73 Å². The number of hydrogen-bond donors (Lipinski definition) is 1. The second-order valence-corrected chi connectivity index (χ2v) is 5.51. The summed E-state index contributed by atoms with van der Waals surface area (Å²) < 4.78 is 5.73. The van der Waals surface area contributed by atoms with E-state index in [1.54, 1.807) is 0 Å². The molecule has 0 amide bonds. The molecule has 3 heteroatoms. The van der Waals surface area contributed by atoms with Crippen molar-refractivity contribution in [3.8, 4) is 0 Å². The molecular formula is C16H26N2O. The van der Waals surface area contributed by atoms with Crippen molar-refractivity contribution in [3.63, 3.8) is 0 Å². The summed E-state index contributed by atoms with van der Waals surface area (Å²) in [6, 6.07) is 11.1. The van der Waals surface area contributed by atoms with Crippen LogP contribution in [0.1, 0.15) is 38.3 Å². The monoisotopic (exact) mass is 262 g/mol. The molecule has 1 aromatic carbocycles. The van der Waals surface area contributed by atoms with Crippen LogP contribution in [0.15, 0.2) is 30.3 Å². The van der Waals surface area contributed by atoms with E-state index in [0.29, 0.717) is 12.1 Å². The van der Waals surface area contributed by atoms with Gasteiger partial charge in [0.25, 0.3) is 0 Å². The molecule has 1 aliphatic rings. The minimum absolute atomic E-state index is 0.136. The van der Waals surface area contributed by atoms with Crippen molar-refractivity contribution in [2.45, 2.75) is 44.9 Å². The van der Waals surface area contributed by atoms with E-state index < -0.39 is 0 Å². The SMILES string of the molecule is CCC1COC(C)CN1CCC(N)c1ccccc1. The van der Waals surface area contributed by atoms with E-state index in [0.717, 1.165) is 32.5 Å². The van der Waals surface area contributed by atoms with Crippen LogP contribution in [0, 0.1) is 0 Å². The molecule has 0 aliphatic carbocycles. The Kier molecular flexibility index (Phi) is 5.37. The standard InChI is InChI=1S/C16H26N2O/c1-3-15-12-19-13(2)11-18(15)10-9-16(17)14-7-5-4-6-8-14/h4-8,13,15-16H,3,9-12,17H2,1-2H3. The molecule has 106 valence electrons. The van der Waals surface area contributed by atoms with Gasteiger partial charge < -0.3 is 10.5 Å². The quantitative estimate of drug-likeness (QED) is 0.886. The van der Waals surface area contributed by atoms with Crippen LogP contribution in [0.5, 0.6) is 0 Å². The fourth-order valence-corrected chi connectivity index (χ4v) is 2.73. The van der Waals surface area contributed by atoms with E-state index in [9.17, 15) is 0 Å². The predicted molar refractivity (Wildman–Crippen MR) is 79.1 cm³/mol. The van der Waals surface area contributed by atoms with Gasteiger partial charge >= 0.3 is 0 Å². The van der Waals surface area contributed by atoms with Crippen LogP contribution >= 0.6 is 0 Å². The summed E-state index contributed by atoms with van der Waals surface area (Å²) in [5.74, 6) is 0. The van der Waals surface area contributed by atoms with E-state index in [1.807, 2.05) is 6.07 Å². The lowest BCUT2D eigenvalue weighted by molar-refractivity contribution is -0.0564. The average Bonchev–Trinajstić information content (AvgIpc) is 2.46. The lowest BCUT2D eigenvalue weighted by Crippen LogP contribution is -2.49. The van der Waals surface area contributed by atoms with Crippen LogP contribution in [0.3, 0.4) is 0 Å². The average molecular weight is 262 g/mol. The highest BCUT2D eigenvalue weighted by Crippen LogP contribution is 2.18. The topological polar surface area (TPSA) is 38.5 Å². The highest BCUT2D eigenvalue weighted by atomic mass is 16.5. The molecular weight excluding hydrogens is 236 g/mol. The zero-order chi connectivity index (χ0) is 13.7. The molecule has 0 radical (unpaired) electrons. The lowest BCUT2D eigenvalue weighted by Gasteiger charge is -2.38. The van der Waals surface area contributed by atoms with Crippen molar-refractivity contribution in [1.82, 2.24) is 4.90 Å². The molecule has 2 rings (SSSR count). The summed E-state index contributed by atoms with van der Waals surface area (Å²) in [5.41, 5.74) is 7.51. The molecule has 0 saturated carbocycles. The number of ether oxygens (including phenoxy) is 1. The van der Waals surface area contributed by atoms with E-state index in [1.165, 1.54) is 5.56 Å². The summed E-state index contributed by atoms with van der Waals surface area (Å²) in [5, 5.41) is 0. The predicted octanol–water partition coefficient (Wildman–Crippen LogP) is 2.58. The molecule has 3 nitrogen and oxygen atoms in total. The Labute approximate surface area is 116 Å². The molecule has 0 bridgehead atoms. The van der Waals surface area contributed by atoms with Gasteiger partial charge in [0.15, 0.2) is 0 Å². The minimum atomic E-state index is 0.136. The number of hydrogen-bond acceptors (Lipinski definition) is 3. The van der Waals surface area contributed by atoms with Gasteiger partial charge in [-0.15, -0.1) is 0 Å². The second kappa shape index (κ2) is 7.04. The van der Waals surface area contributed by atoms with Crippen molar-refractivity contribution in [2.24, 2.45) is 5.73 Å². The molecule has 2 N–H and O–H groups in total. The fraction of sp³-hybridized carbons (Fsp3) is 0.625. The summed E-state index contributed by atoms with van der Waals surface area (Å²) in [6.45, 7) is 7.32. The Bertz CT molecular complexity index is 368. The lowest BCUT2D eigenvalue weighted by atomic mass is 10.0. The van der Waals surface area contributed by atoms with E-state index in [-0.39, 0.29) is 6.04 Å². The Morgan fingerprint density at radius 3 is 2.79 bits per heavy atom. The summed E-state index contributed by atoms with van der Waals surface area (Å²) in [7, 11) is 0. The highest BCUT2D eigenvalue weighted by Gasteiger charge is 2.25. The van der Waals surface area contributed by atoms with Crippen LogP contribution in [-0.2, 0) is 4.74 Å². The largest absolute Gasteiger partial charge is 0.376 e. The number of nitrogens with two attached hydrogens (primary N) is 1. The zero-order valence-corrected chi connectivity index (χ0v) is 12.1. The van der Waals surface area contributed by atoms with Gasteiger partial charge in [0, 0.05) is 25.2 Å². The molecule has 1 heterocycles. The highest BCUT2D eigenvalue weighted by molar-refractivity contribution is 5.18. The van der Waals surface area contributed by atoms with Gasteiger partial charge in [-0.25, -0.2) is 0 Å². The van der Waals surface area contributed by atoms with Crippen LogP contribution in [0.2, 0.25) is 0 Å². The number of nitrogens with zero attached hydrogens (tertiary/aromatic N) is 1. The maximum absolute atomic E-state index is 6.28. The smallest absolute Gasteiger partial charge is 0.0674 e. The van der Waals surface area contributed by atoms with Gasteiger partial charge in [0.2, 0.25) is 0 Å². The third-order valence-corrected chi connectivity index (χ3v) is 4.01. The number of benzene rings is 1. The first-order chi connectivity index (χ1) is 9.20. The van der Waals surface area contributed by atoms with Crippen molar-refractivity contribution < 1.29 is 4.74 Å². The normalized spacial score (nSPS) is 26.3. The van der Waals surface area contributed by atoms with Gasteiger partial charge in [-0.05, 0) is 25.3 Å². The van der Waals surface area contributed by atoms with Gasteiger partial charge in [-0.3, -0.25) is 4.90 Å². The first-order valence-electron chi connectivity index (χ1n) is 7.37. The first-order valence-corrected chi connectivity index (χ1v) is 7.37. The Hall–Kier alpha value is -0.900. The second-order valence-electron chi connectivity index (χ2n) is 5.51. The molecule has 3 unspecified atom stereocenters. The molecule has 19 heavy (non-hydrogen) atoms. The van der Waals surface area contributed by atoms with E-state index in [4.69, 9.17) is 10.5 Å². The summed E-state index contributed by atoms with van der Waals surface area (Å²) in [6.07, 6.45) is 2.50. The zero-order valence-electron chi connectivity index (χ0n) is 12.1. The van der Waals surface area contributed by atoms with Crippen LogP contribution in [0.25, 0.3) is 0 Å². The van der Waals surface area contributed by atoms with Crippen LogP contribution in [-0.4, -0.2) is 36.7 Å². The van der Waals surface area contributed by atoms with Crippen LogP contribution in [0.4, 0.5) is 0 Å². The van der Waals surface area contributed by atoms with Gasteiger partial charge in [-0.1, -0.05) is 37.3 Å². The van der Waals surface area contributed by atoms with Gasteiger partial charge in [-0.2, -0.15) is 0 Å². The maximum atomic E-state index is 6.28. The molecule has 0 spiro atoms. The van der Waals surface area contributed by atoms with Gasteiger partial charge in [0.1, 0.15) is 0 Å². The van der Waals surface area contributed by atoms with Crippen molar-refractivity contribution in [3.05, 3.63) is 35.9 Å². The summed E-state index contributed by atoms with van der Waals surface area (Å²) >= 11 is 0. The van der Waals surface area contributed by atoms with Crippen molar-refractivity contribution in [1.29, 1.82) is 0 Å². The molecule has 0 aromatic heterocycles. The third kappa shape index (κ3) is 4.03.